The Morgan fingerprint density at radius 2 is 1.86 bits per heavy atom. The van der Waals surface area contributed by atoms with Gasteiger partial charge in [0, 0.05) is 66.9 Å². The standard InChI is InChI=1S/C21H25FN4O2S/c22-18-10-19-14(3-4-23-19)9-17(18)21(28)25-11-15-1-2-16(12-25)26(15)20(27)13-24-5-7-29-8-6-24/h3-4,9-10,15-16,23H,1-2,5-8,11-13H2. The van der Waals surface area contributed by atoms with Crippen molar-refractivity contribution < 1.29 is 14.0 Å². The summed E-state index contributed by atoms with van der Waals surface area (Å²) in [6, 6.07) is 4.93. The Bertz CT molecular complexity index is 928. The summed E-state index contributed by atoms with van der Waals surface area (Å²) in [4.78, 5) is 35.0. The molecule has 2 unspecified atom stereocenters. The van der Waals surface area contributed by atoms with Gasteiger partial charge in [0.2, 0.25) is 5.91 Å². The second-order valence-corrected chi connectivity index (χ2v) is 9.41. The molecule has 2 atom stereocenters. The molecule has 6 nitrogen and oxygen atoms in total. The molecule has 1 aromatic heterocycles. The van der Waals surface area contributed by atoms with Crippen LogP contribution in [0.5, 0.6) is 0 Å². The number of piperazine rings is 1. The van der Waals surface area contributed by atoms with Gasteiger partial charge in [-0.25, -0.2) is 4.39 Å². The van der Waals surface area contributed by atoms with E-state index >= 15 is 0 Å². The van der Waals surface area contributed by atoms with Gasteiger partial charge in [0.25, 0.3) is 5.91 Å². The molecular formula is C21H25FN4O2S. The zero-order chi connectivity index (χ0) is 20.0. The fraction of sp³-hybridized carbons (Fsp3) is 0.524. The molecule has 0 aliphatic carbocycles. The molecule has 3 aliphatic heterocycles. The van der Waals surface area contributed by atoms with E-state index in [-0.39, 0.29) is 29.5 Å². The second-order valence-electron chi connectivity index (χ2n) is 8.18. The zero-order valence-corrected chi connectivity index (χ0v) is 17.1. The Morgan fingerprint density at radius 3 is 2.59 bits per heavy atom. The SMILES string of the molecule is O=C(c1cc2cc[nH]c2cc1F)N1CC2CCC(C1)N2C(=O)CN1CCSCC1. The fourth-order valence-electron chi connectivity index (χ4n) is 4.92. The fourth-order valence-corrected chi connectivity index (χ4v) is 5.90. The zero-order valence-electron chi connectivity index (χ0n) is 16.3. The Kier molecular flexibility index (Phi) is 4.99. The number of H-pyrrole nitrogens is 1. The average Bonchev–Trinajstić information content (AvgIpc) is 3.28. The number of aromatic amines is 1. The van der Waals surface area contributed by atoms with Gasteiger partial charge >= 0.3 is 0 Å². The maximum absolute atomic E-state index is 14.5. The van der Waals surface area contributed by atoms with E-state index in [0.29, 0.717) is 25.2 Å². The van der Waals surface area contributed by atoms with E-state index in [2.05, 4.69) is 9.88 Å². The van der Waals surface area contributed by atoms with Gasteiger partial charge in [0.05, 0.1) is 12.1 Å². The third-order valence-electron chi connectivity index (χ3n) is 6.39. The molecule has 1 N–H and O–H groups in total. The lowest BCUT2D eigenvalue weighted by molar-refractivity contribution is -0.137. The van der Waals surface area contributed by atoms with Crippen LogP contribution < -0.4 is 0 Å². The lowest BCUT2D eigenvalue weighted by atomic mass is 10.1. The van der Waals surface area contributed by atoms with E-state index in [9.17, 15) is 14.0 Å². The first-order valence-corrected chi connectivity index (χ1v) is 11.4. The average molecular weight is 417 g/mol. The number of hydrogen-bond acceptors (Lipinski definition) is 4. The molecule has 3 fully saturated rings. The number of fused-ring (bicyclic) bond motifs is 3. The van der Waals surface area contributed by atoms with E-state index < -0.39 is 5.82 Å². The van der Waals surface area contributed by atoms with Crippen LogP contribution in [0.4, 0.5) is 4.39 Å². The first-order valence-electron chi connectivity index (χ1n) is 10.3. The third-order valence-corrected chi connectivity index (χ3v) is 7.33. The van der Waals surface area contributed by atoms with Crippen LogP contribution in [0.2, 0.25) is 0 Å². The molecule has 8 heteroatoms. The lowest BCUT2D eigenvalue weighted by Gasteiger charge is -2.42. The van der Waals surface area contributed by atoms with Crippen LogP contribution in [0.25, 0.3) is 10.9 Å². The molecule has 2 bridgehead atoms. The van der Waals surface area contributed by atoms with Gasteiger partial charge < -0.3 is 14.8 Å². The number of amides is 2. The smallest absolute Gasteiger partial charge is 0.256 e. The van der Waals surface area contributed by atoms with Crippen LogP contribution in [-0.2, 0) is 4.79 Å². The van der Waals surface area contributed by atoms with Crippen LogP contribution in [0.3, 0.4) is 0 Å². The van der Waals surface area contributed by atoms with Crippen molar-refractivity contribution in [2.75, 3.05) is 44.2 Å². The maximum Gasteiger partial charge on any atom is 0.256 e. The number of hydrogen-bond donors (Lipinski definition) is 1. The van der Waals surface area contributed by atoms with Crippen LogP contribution in [0.15, 0.2) is 24.4 Å². The maximum atomic E-state index is 14.5. The summed E-state index contributed by atoms with van der Waals surface area (Å²) in [5.41, 5.74) is 0.799. The molecule has 5 rings (SSSR count). The summed E-state index contributed by atoms with van der Waals surface area (Å²) < 4.78 is 14.5. The second kappa shape index (κ2) is 7.65. The quantitative estimate of drug-likeness (QED) is 0.833. The van der Waals surface area contributed by atoms with Crippen molar-refractivity contribution in [3.05, 3.63) is 35.8 Å². The molecule has 0 radical (unpaired) electrons. The van der Waals surface area contributed by atoms with Crippen LogP contribution in [0, 0.1) is 5.82 Å². The first-order chi connectivity index (χ1) is 14.1. The van der Waals surface area contributed by atoms with Crippen molar-refractivity contribution in [2.45, 2.75) is 24.9 Å². The van der Waals surface area contributed by atoms with E-state index in [4.69, 9.17) is 0 Å². The number of nitrogens with one attached hydrogen (secondary N) is 1. The summed E-state index contributed by atoms with van der Waals surface area (Å²) in [5, 5.41) is 0.825. The summed E-state index contributed by atoms with van der Waals surface area (Å²) in [6.45, 7) is 3.37. The van der Waals surface area contributed by atoms with Crippen LogP contribution >= 0.6 is 11.8 Å². The van der Waals surface area contributed by atoms with Gasteiger partial charge in [-0.3, -0.25) is 14.5 Å². The third kappa shape index (κ3) is 3.53. The first kappa shape index (κ1) is 18.9. The minimum atomic E-state index is -0.501. The molecule has 0 saturated carbocycles. The molecule has 0 spiro atoms. The Labute approximate surface area is 173 Å². The topological polar surface area (TPSA) is 59.7 Å². The van der Waals surface area contributed by atoms with Crippen molar-refractivity contribution in [2.24, 2.45) is 0 Å². The number of likely N-dealkylation sites (tertiary alicyclic amines) is 1. The number of halogens is 1. The number of aromatic nitrogens is 1. The largest absolute Gasteiger partial charge is 0.361 e. The summed E-state index contributed by atoms with van der Waals surface area (Å²) in [5.74, 6) is 1.57. The molecular weight excluding hydrogens is 391 g/mol. The summed E-state index contributed by atoms with van der Waals surface area (Å²) >= 11 is 1.94. The number of rotatable bonds is 3. The predicted octanol–water partition coefficient (Wildman–Crippen LogP) is 2.17. The van der Waals surface area contributed by atoms with E-state index in [0.717, 1.165) is 42.8 Å². The number of thioether (sulfide) groups is 1. The van der Waals surface area contributed by atoms with Gasteiger partial charge in [-0.2, -0.15) is 11.8 Å². The van der Waals surface area contributed by atoms with Crippen molar-refractivity contribution in [1.29, 1.82) is 0 Å². The minimum Gasteiger partial charge on any atom is -0.361 e. The highest BCUT2D eigenvalue weighted by atomic mass is 32.2. The minimum absolute atomic E-state index is 0.0448. The van der Waals surface area contributed by atoms with Crippen molar-refractivity contribution in [1.82, 2.24) is 19.7 Å². The Morgan fingerprint density at radius 1 is 1.14 bits per heavy atom. The molecule has 3 saturated heterocycles. The molecule has 29 heavy (non-hydrogen) atoms. The molecule has 154 valence electrons. The lowest BCUT2D eigenvalue weighted by Crippen LogP contribution is -2.59. The van der Waals surface area contributed by atoms with E-state index in [1.165, 1.54) is 6.07 Å². The van der Waals surface area contributed by atoms with Crippen molar-refractivity contribution >= 4 is 34.5 Å². The van der Waals surface area contributed by atoms with Gasteiger partial charge in [-0.15, -0.1) is 0 Å². The molecule has 4 heterocycles. The number of benzene rings is 1. The van der Waals surface area contributed by atoms with Crippen LogP contribution in [-0.4, -0.2) is 87.8 Å². The molecule has 3 aliphatic rings. The van der Waals surface area contributed by atoms with Crippen LogP contribution in [0.1, 0.15) is 23.2 Å². The van der Waals surface area contributed by atoms with Gasteiger partial charge in [-0.05, 0) is 31.0 Å². The Balaban J connectivity index is 1.29. The predicted molar refractivity (Wildman–Crippen MR) is 112 cm³/mol. The highest BCUT2D eigenvalue weighted by Crippen LogP contribution is 2.32. The molecule has 2 amide bonds. The van der Waals surface area contributed by atoms with E-state index in [1.807, 2.05) is 22.7 Å². The number of nitrogens with zero attached hydrogens (tertiary/aromatic N) is 3. The highest BCUT2D eigenvalue weighted by molar-refractivity contribution is 7.99. The van der Waals surface area contributed by atoms with Crippen molar-refractivity contribution in [3.63, 3.8) is 0 Å². The monoisotopic (exact) mass is 416 g/mol. The van der Waals surface area contributed by atoms with Gasteiger partial charge in [0.1, 0.15) is 5.82 Å². The molecule has 1 aromatic carbocycles. The van der Waals surface area contributed by atoms with E-state index in [1.54, 1.807) is 17.2 Å². The van der Waals surface area contributed by atoms with Gasteiger partial charge in [-0.1, -0.05) is 0 Å². The van der Waals surface area contributed by atoms with Gasteiger partial charge in [0.15, 0.2) is 0 Å². The molecule has 2 aromatic rings. The number of carbonyl (C=O) groups excluding carboxylic acids is 2. The Hall–Kier alpha value is -2.06. The highest BCUT2D eigenvalue weighted by Gasteiger charge is 2.44. The normalized spacial score (nSPS) is 25.0. The van der Waals surface area contributed by atoms with Crippen molar-refractivity contribution in [3.8, 4) is 0 Å². The summed E-state index contributed by atoms with van der Waals surface area (Å²) in [7, 11) is 0. The number of carbonyl (C=O) groups is 2. The summed E-state index contributed by atoms with van der Waals surface area (Å²) in [6.07, 6.45) is 3.56.